The molecule has 0 spiro atoms. The van der Waals surface area contributed by atoms with E-state index < -0.39 is 11.4 Å². The van der Waals surface area contributed by atoms with E-state index in [0.717, 1.165) is 12.8 Å². The highest BCUT2D eigenvalue weighted by atomic mass is 16.4. The predicted molar refractivity (Wildman–Crippen MR) is 80.3 cm³/mol. The molecule has 1 aromatic rings. The average Bonchev–Trinajstić information content (AvgIpc) is 2.88. The lowest BCUT2D eigenvalue weighted by Gasteiger charge is -2.23. The molecule has 21 heavy (non-hydrogen) atoms. The van der Waals surface area contributed by atoms with Crippen LogP contribution in [0.4, 0.5) is 11.5 Å². The van der Waals surface area contributed by atoms with E-state index in [-0.39, 0.29) is 12.3 Å². The largest absolute Gasteiger partial charge is 0.481 e. The fraction of sp³-hybridized carbons (Fsp3) is 0.533. The summed E-state index contributed by atoms with van der Waals surface area (Å²) < 4.78 is 0. The third-order valence-electron chi connectivity index (χ3n) is 4.00. The van der Waals surface area contributed by atoms with Crippen LogP contribution in [0.2, 0.25) is 0 Å². The van der Waals surface area contributed by atoms with Gasteiger partial charge in [-0.3, -0.25) is 9.59 Å². The zero-order chi connectivity index (χ0) is 15.5. The molecule has 1 amide bonds. The van der Waals surface area contributed by atoms with Crippen LogP contribution in [0.15, 0.2) is 18.3 Å². The number of rotatable bonds is 5. The standard InChI is InChI=1S/C15H21N3O3/c1-18(2)13-11(6-5-9-16-13)17-12(19)10-15(14(20)21)7-3-4-8-15/h5-6,9H,3-4,7-8,10H2,1-2H3,(H,17,19)(H,20,21). The second-order valence-corrected chi connectivity index (χ2v) is 5.79. The molecule has 0 aromatic carbocycles. The van der Waals surface area contributed by atoms with Crippen molar-refractivity contribution in [3.8, 4) is 0 Å². The molecule has 0 atom stereocenters. The molecule has 1 heterocycles. The summed E-state index contributed by atoms with van der Waals surface area (Å²) in [6.07, 6.45) is 4.56. The van der Waals surface area contributed by atoms with Crippen molar-refractivity contribution in [2.45, 2.75) is 32.1 Å². The van der Waals surface area contributed by atoms with Gasteiger partial charge in [0.1, 0.15) is 0 Å². The molecule has 0 aliphatic heterocycles. The highest BCUT2D eigenvalue weighted by molar-refractivity contribution is 5.96. The second kappa shape index (κ2) is 6.11. The number of pyridine rings is 1. The molecule has 1 aromatic heterocycles. The number of carboxylic acids is 1. The van der Waals surface area contributed by atoms with E-state index in [4.69, 9.17) is 0 Å². The summed E-state index contributed by atoms with van der Waals surface area (Å²) in [6, 6.07) is 3.51. The molecule has 6 nitrogen and oxygen atoms in total. The maximum Gasteiger partial charge on any atom is 0.310 e. The van der Waals surface area contributed by atoms with E-state index in [1.807, 2.05) is 14.1 Å². The van der Waals surface area contributed by atoms with Gasteiger partial charge in [0.25, 0.3) is 0 Å². The van der Waals surface area contributed by atoms with Crippen LogP contribution < -0.4 is 10.2 Å². The van der Waals surface area contributed by atoms with Crippen LogP contribution in [0.3, 0.4) is 0 Å². The Morgan fingerprint density at radius 3 is 2.62 bits per heavy atom. The number of anilines is 2. The summed E-state index contributed by atoms with van der Waals surface area (Å²) in [7, 11) is 3.68. The minimum absolute atomic E-state index is 0.0180. The molecular weight excluding hydrogens is 270 g/mol. The van der Waals surface area contributed by atoms with Gasteiger partial charge in [0.2, 0.25) is 5.91 Å². The number of nitrogens with one attached hydrogen (secondary N) is 1. The van der Waals surface area contributed by atoms with Gasteiger partial charge in [-0.1, -0.05) is 12.8 Å². The lowest BCUT2D eigenvalue weighted by Crippen LogP contribution is -2.33. The number of hydrogen-bond acceptors (Lipinski definition) is 4. The molecular formula is C15H21N3O3. The fourth-order valence-electron chi connectivity index (χ4n) is 2.87. The van der Waals surface area contributed by atoms with Crippen molar-refractivity contribution in [2.75, 3.05) is 24.3 Å². The number of aromatic nitrogens is 1. The van der Waals surface area contributed by atoms with Crippen molar-refractivity contribution in [1.82, 2.24) is 4.98 Å². The van der Waals surface area contributed by atoms with Crippen LogP contribution in [-0.2, 0) is 9.59 Å². The van der Waals surface area contributed by atoms with Gasteiger partial charge in [-0.05, 0) is 25.0 Å². The van der Waals surface area contributed by atoms with E-state index in [1.54, 1.807) is 23.2 Å². The fourth-order valence-corrected chi connectivity index (χ4v) is 2.87. The molecule has 6 heteroatoms. The van der Waals surface area contributed by atoms with Crippen molar-refractivity contribution < 1.29 is 14.7 Å². The van der Waals surface area contributed by atoms with Crippen LogP contribution in [0.25, 0.3) is 0 Å². The number of carboxylic acid groups (broad SMARTS) is 1. The lowest BCUT2D eigenvalue weighted by molar-refractivity contribution is -0.150. The summed E-state index contributed by atoms with van der Waals surface area (Å²) in [5.41, 5.74) is -0.295. The number of aliphatic carboxylic acids is 1. The Morgan fingerprint density at radius 2 is 2.05 bits per heavy atom. The molecule has 2 rings (SSSR count). The molecule has 0 bridgehead atoms. The first-order valence-electron chi connectivity index (χ1n) is 7.10. The van der Waals surface area contributed by atoms with Gasteiger partial charge in [-0.25, -0.2) is 4.98 Å². The quantitative estimate of drug-likeness (QED) is 0.868. The number of nitrogens with zero attached hydrogens (tertiary/aromatic N) is 2. The Bertz CT molecular complexity index is 537. The first kappa shape index (κ1) is 15.3. The molecule has 114 valence electrons. The maximum absolute atomic E-state index is 12.2. The summed E-state index contributed by atoms with van der Waals surface area (Å²) in [4.78, 5) is 29.7. The minimum atomic E-state index is -0.898. The normalized spacial score (nSPS) is 16.5. The lowest BCUT2D eigenvalue weighted by atomic mass is 9.82. The van der Waals surface area contributed by atoms with E-state index >= 15 is 0 Å². The molecule has 0 unspecified atom stereocenters. The van der Waals surface area contributed by atoms with Crippen LogP contribution >= 0.6 is 0 Å². The predicted octanol–water partition coefficient (Wildman–Crippen LogP) is 2.12. The summed E-state index contributed by atoms with van der Waals surface area (Å²) in [5.74, 6) is -0.480. The Morgan fingerprint density at radius 1 is 1.38 bits per heavy atom. The van der Waals surface area contributed by atoms with Gasteiger partial charge in [0.05, 0.1) is 11.1 Å². The van der Waals surface area contributed by atoms with Crippen molar-refractivity contribution in [3.05, 3.63) is 18.3 Å². The first-order chi connectivity index (χ1) is 9.94. The molecule has 1 saturated carbocycles. The molecule has 1 aliphatic carbocycles. The Kier molecular flexibility index (Phi) is 4.45. The van der Waals surface area contributed by atoms with Gasteiger partial charge >= 0.3 is 5.97 Å². The van der Waals surface area contributed by atoms with Crippen molar-refractivity contribution in [3.63, 3.8) is 0 Å². The Hall–Kier alpha value is -2.11. The van der Waals surface area contributed by atoms with Gasteiger partial charge < -0.3 is 15.3 Å². The zero-order valence-electron chi connectivity index (χ0n) is 12.4. The Labute approximate surface area is 124 Å². The second-order valence-electron chi connectivity index (χ2n) is 5.79. The van der Waals surface area contributed by atoms with E-state index in [9.17, 15) is 14.7 Å². The molecule has 2 N–H and O–H groups in total. The molecule has 1 fully saturated rings. The van der Waals surface area contributed by atoms with E-state index in [2.05, 4.69) is 10.3 Å². The third-order valence-corrected chi connectivity index (χ3v) is 4.00. The highest BCUT2D eigenvalue weighted by Gasteiger charge is 2.43. The number of carbonyl (C=O) groups excluding carboxylic acids is 1. The van der Waals surface area contributed by atoms with Crippen molar-refractivity contribution in [1.29, 1.82) is 0 Å². The topological polar surface area (TPSA) is 82.5 Å². The van der Waals surface area contributed by atoms with Crippen LogP contribution in [0.5, 0.6) is 0 Å². The van der Waals surface area contributed by atoms with E-state index in [1.165, 1.54) is 0 Å². The Balaban J connectivity index is 2.10. The zero-order valence-corrected chi connectivity index (χ0v) is 12.4. The summed E-state index contributed by atoms with van der Waals surface area (Å²) in [5, 5.41) is 12.2. The summed E-state index contributed by atoms with van der Waals surface area (Å²) in [6.45, 7) is 0. The maximum atomic E-state index is 12.2. The minimum Gasteiger partial charge on any atom is -0.481 e. The van der Waals surface area contributed by atoms with Gasteiger partial charge in [-0.2, -0.15) is 0 Å². The monoisotopic (exact) mass is 291 g/mol. The number of amides is 1. The van der Waals surface area contributed by atoms with E-state index in [0.29, 0.717) is 24.3 Å². The van der Waals surface area contributed by atoms with Gasteiger partial charge in [0.15, 0.2) is 5.82 Å². The van der Waals surface area contributed by atoms with Crippen molar-refractivity contribution >= 4 is 23.4 Å². The van der Waals surface area contributed by atoms with Gasteiger partial charge in [0, 0.05) is 26.7 Å². The smallest absolute Gasteiger partial charge is 0.310 e. The highest BCUT2D eigenvalue weighted by Crippen LogP contribution is 2.41. The van der Waals surface area contributed by atoms with Crippen molar-refractivity contribution in [2.24, 2.45) is 5.41 Å². The molecule has 1 aliphatic rings. The first-order valence-corrected chi connectivity index (χ1v) is 7.10. The third kappa shape index (κ3) is 3.32. The number of carbonyl (C=O) groups is 2. The molecule has 0 radical (unpaired) electrons. The number of hydrogen-bond donors (Lipinski definition) is 2. The SMILES string of the molecule is CN(C)c1ncccc1NC(=O)CC1(C(=O)O)CCCC1. The molecule has 0 saturated heterocycles. The average molecular weight is 291 g/mol. The van der Waals surface area contributed by atoms with Crippen LogP contribution in [0.1, 0.15) is 32.1 Å². The van der Waals surface area contributed by atoms with Crippen LogP contribution in [-0.4, -0.2) is 36.1 Å². The van der Waals surface area contributed by atoms with Crippen LogP contribution in [0, 0.1) is 5.41 Å². The van der Waals surface area contributed by atoms with Gasteiger partial charge in [-0.15, -0.1) is 0 Å². The summed E-state index contributed by atoms with van der Waals surface area (Å²) >= 11 is 0.